The zero-order valence-electron chi connectivity index (χ0n) is 19.8. The number of rotatable bonds is 10. The second-order valence-corrected chi connectivity index (χ2v) is 9.58. The summed E-state index contributed by atoms with van der Waals surface area (Å²) in [6, 6.07) is 3.48. The minimum atomic E-state index is -1.19. The van der Waals surface area contributed by atoms with Gasteiger partial charge in [-0.15, -0.1) is 0 Å². The zero-order valence-corrected chi connectivity index (χ0v) is 21.3. The molecule has 1 aliphatic rings. The average Bonchev–Trinajstić information content (AvgIpc) is 2.76. The Hall–Kier alpha value is -2.14. The Kier molecular flexibility index (Phi) is 10.4. The zero-order chi connectivity index (χ0) is 25.6. The molecule has 1 amide bonds. The number of Topliss-reactive ketones (excluding diaryl/α,β-unsaturated/α-hetero) is 1. The largest absolute Gasteiger partial charge is 0.531 e. The molecule has 1 N–H and O–H groups in total. The number of nitrogens with one attached hydrogen (secondary N) is 1. The van der Waals surface area contributed by atoms with Crippen molar-refractivity contribution in [3.63, 3.8) is 0 Å². The van der Waals surface area contributed by atoms with E-state index in [0.717, 1.165) is 0 Å². The Morgan fingerprint density at radius 1 is 1.24 bits per heavy atom. The van der Waals surface area contributed by atoms with Crippen LogP contribution in [-0.4, -0.2) is 75.5 Å². The molecule has 0 spiro atoms. The molecule has 1 saturated heterocycles. The summed E-state index contributed by atoms with van der Waals surface area (Å²) in [6.45, 7) is 3.63. The topological polar surface area (TPSA) is 111 Å². The van der Waals surface area contributed by atoms with Gasteiger partial charge in [-0.25, -0.2) is 4.79 Å². The highest BCUT2D eigenvalue weighted by Crippen LogP contribution is 2.31. The van der Waals surface area contributed by atoms with E-state index < -0.39 is 42.9 Å². The molecule has 0 radical (unpaired) electrons. The maximum Gasteiger partial charge on any atom is 0.531 e. The summed E-state index contributed by atoms with van der Waals surface area (Å²) in [4.78, 5) is 51.6. The van der Waals surface area contributed by atoms with Crippen LogP contribution in [0.2, 0.25) is 15.9 Å². The minimum Gasteiger partial charge on any atom is -0.508 e. The number of ketones is 1. The van der Waals surface area contributed by atoms with Crippen molar-refractivity contribution in [1.29, 1.82) is 0 Å². The number of halogens is 2. The molecule has 3 atom stereocenters. The fourth-order valence-electron chi connectivity index (χ4n) is 3.75. The average molecular weight is 515 g/mol. The third-order valence-corrected chi connectivity index (χ3v) is 5.86. The van der Waals surface area contributed by atoms with Crippen LogP contribution >= 0.6 is 23.2 Å². The van der Waals surface area contributed by atoms with Crippen molar-refractivity contribution in [1.82, 2.24) is 10.2 Å². The van der Waals surface area contributed by atoms with Gasteiger partial charge in [0.15, 0.2) is 11.9 Å². The molecule has 34 heavy (non-hydrogen) atoms. The van der Waals surface area contributed by atoms with E-state index >= 15 is 0 Å². The molecule has 1 aromatic carbocycles. The maximum atomic E-state index is 12.7. The SMILES string of the molecule is COC(=O)[C@@H]1OB([C@@H](CC(=O)CNC(=O)c2cc(Cl)ccc2Cl)CC(C)C)OC(=O)[C@H]1N(C)C. The van der Waals surface area contributed by atoms with Crippen molar-refractivity contribution in [2.24, 2.45) is 5.92 Å². The lowest BCUT2D eigenvalue weighted by Crippen LogP contribution is -2.59. The van der Waals surface area contributed by atoms with Gasteiger partial charge in [0, 0.05) is 17.3 Å². The number of esters is 1. The number of hydrogen-bond donors (Lipinski definition) is 1. The van der Waals surface area contributed by atoms with Crippen molar-refractivity contribution in [3.05, 3.63) is 33.8 Å². The van der Waals surface area contributed by atoms with E-state index in [2.05, 4.69) is 5.32 Å². The van der Waals surface area contributed by atoms with Crippen LogP contribution in [0.4, 0.5) is 0 Å². The van der Waals surface area contributed by atoms with Crippen LogP contribution in [0.15, 0.2) is 18.2 Å². The van der Waals surface area contributed by atoms with Crippen molar-refractivity contribution in [2.75, 3.05) is 27.7 Å². The summed E-state index contributed by atoms with van der Waals surface area (Å²) in [5.74, 6) is -2.58. The number of likely N-dealkylation sites (N-methyl/N-ethyl adjacent to an activating group) is 1. The molecule has 12 heteroatoms. The fourth-order valence-corrected chi connectivity index (χ4v) is 4.13. The Morgan fingerprint density at radius 2 is 1.91 bits per heavy atom. The maximum absolute atomic E-state index is 12.7. The lowest BCUT2D eigenvalue weighted by Gasteiger charge is -2.37. The monoisotopic (exact) mass is 514 g/mol. The normalized spacial score (nSPS) is 19.1. The molecule has 1 aliphatic heterocycles. The second kappa shape index (κ2) is 12.5. The first kappa shape index (κ1) is 28.1. The molecule has 0 aliphatic carbocycles. The van der Waals surface area contributed by atoms with E-state index in [4.69, 9.17) is 37.2 Å². The number of methoxy groups -OCH3 is 1. The van der Waals surface area contributed by atoms with Gasteiger partial charge in [-0.1, -0.05) is 37.0 Å². The second-order valence-electron chi connectivity index (χ2n) is 8.73. The highest BCUT2D eigenvalue weighted by atomic mass is 35.5. The first-order valence-electron chi connectivity index (χ1n) is 10.8. The number of hydrogen-bond acceptors (Lipinski definition) is 8. The molecule has 0 bridgehead atoms. The number of benzene rings is 1. The quantitative estimate of drug-likeness (QED) is 0.374. The summed E-state index contributed by atoms with van der Waals surface area (Å²) >= 11 is 12.0. The van der Waals surface area contributed by atoms with E-state index in [0.29, 0.717) is 11.4 Å². The third kappa shape index (κ3) is 7.43. The van der Waals surface area contributed by atoms with Gasteiger partial charge in [0.05, 0.1) is 24.2 Å². The Labute approximate surface area is 209 Å². The summed E-state index contributed by atoms with van der Waals surface area (Å²) in [7, 11) is 3.33. The molecular weight excluding hydrogens is 486 g/mol. The molecule has 0 saturated carbocycles. The van der Waals surface area contributed by atoms with Crippen LogP contribution in [0.3, 0.4) is 0 Å². The van der Waals surface area contributed by atoms with E-state index in [1.807, 2.05) is 13.8 Å². The number of nitrogens with zero attached hydrogens (tertiary/aromatic N) is 1. The summed E-state index contributed by atoms with van der Waals surface area (Å²) in [6.07, 6.45) is -0.751. The predicted molar refractivity (Wildman–Crippen MR) is 128 cm³/mol. The standard InChI is InChI=1S/C22H29BCl2N2O7/c1-12(2)8-13(23-33-19(22(31)32-5)18(27(3)4)21(30)34-23)9-15(28)11-26-20(29)16-10-14(24)6-7-17(16)25/h6-7,10,12-13,18-19H,8-9,11H2,1-5H3,(H,26,29)/t13-,18+,19-/m1/s1. The van der Waals surface area contributed by atoms with Crippen molar-refractivity contribution < 1.29 is 33.2 Å². The summed E-state index contributed by atoms with van der Waals surface area (Å²) in [5.41, 5.74) is 0.154. The van der Waals surface area contributed by atoms with Crippen LogP contribution in [0.1, 0.15) is 37.0 Å². The first-order valence-corrected chi connectivity index (χ1v) is 11.5. The van der Waals surface area contributed by atoms with Crippen LogP contribution in [-0.2, 0) is 28.4 Å². The lowest BCUT2D eigenvalue weighted by molar-refractivity contribution is -0.167. The van der Waals surface area contributed by atoms with Gasteiger partial charge in [0.25, 0.3) is 5.91 Å². The van der Waals surface area contributed by atoms with Gasteiger partial charge >= 0.3 is 19.1 Å². The van der Waals surface area contributed by atoms with Crippen LogP contribution < -0.4 is 5.32 Å². The van der Waals surface area contributed by atoms with Gasteiger partial charge in [-0.3, -0.25) is 19.3 Å². The van der Waals surface area contributed by atoms with Crippen LogP contribution in [0, 0.1) is 5.92 Å². The summed E-state index contributed by atoms with van der Waals surface area (Å²) < 4.78 is 16.1. The van der Waals surface area contributed by atoms with Crippen molar-refractivity contribution in [2.45, 2.75) is 44.7 Å². The number of amides is 1. The molecule has 0 aromatic heterocycles. The van der Waals surface area contributed by atoms with Crippen LogP contribution in [0.5, 0.6) is 0 Å². The van der Waals surface area contributed by atoms with Gasteiger partial charge in [-0.05, 0) is 44.6 Å². The molecule has 9 nitrogen and oxygen atoms in total. The number of carbonyl (C=O) groups is 4. The summed E-state index contributed by atoms with van der Waals surface area (Å²) in [5, 5.41) is 3.08. The van der Waals surface area contributed by atoms with E-state index in [9.17, 15) is 19.2 Å². The number of carbonyl (C=O) groups excluding carboxylic acids is 4. The molecule has 1 heterocycles. The molecule has 2 rings (SSSR count). The molecule has 186 valence electrons. The van der Waals surface area contributed by atoms with Gasteiger partial charge < -0.3 is 19.4 Å². The molecule has 1 aromatic rings. The highest BCUT2D eigenvalue weighted by molar-refractivity contribution is 6.50. The van der Waals surface area contributed by atoms with Gasteiger partial charge in [0.2, 0.25) is 0 Å². The van der Waals surface area contributed by atoms with E-state index in [1.165, 1.54) is 24.1 Å². The molecule has 1 fully saturated rings. The van der Waals surface area contributed by atoms with Crippen molar-refractivity contribution in [3.8, 4) is 0 Å². The first-order chi connectivity index (χ1) is 15.9. The van der Waals surface area contributed by atoms with E-state index in [1.54, 1.807) is 20.2 Å². The highest BCUT2D eigenvalue weighted by Gasteiger charge is 2.50. The molecular formula is C22H29BCl2N2O7. The van der Waals surface area contributed by atoms with Gasteiger partial charge in [0.1, 0.15) is 6.04 Å². The van der Waals surface area contributed by atoms with Crippen molar-refractivity contribution >= 4 is 53.9 Å². The smallest absolute Gasteiger partial charge is 0.508 e. The molecule has 0 unspecified atom stereocenters. The minimum absolute atomic E-state index is 0.0415. The Balaban J connectivity index is 2.10. The Morgan fingerprint density at radius 3 is 2.50 bits per heavy atom. The number of ether oxygens (including phenoxy) is 1. The van der Waals surface area contributed by atoms with E-state index in [-0.39, 0.29) is 35.3 Å². The lowest BCUT2D eigenvalue weighted by atomic mass is 9.64. The Bertz CT molecular complexity index is 929. The predicted octanol–water partition coefficient (Wildman–Crippen LogP) is 2.63. The van der Waals surface area contributed by atoms with Gasteiger partial charge in [-0.2, -0.15) is 0 Å². The fraction of sp³-hybridized carbons (Fsp3) is 0.545. The van der Waals surface area contributed by atoms with Crippen LogP contribution in [0.25, 0.3) is 0 Å². The third-order valence-electron chi connectivity index (χ3n) is 5.30.